The molecule has 2 saturated carbocycles. The Hall–Kier alpha value is -1.13. The van der Waals surface area contributed by atoms with Crippen LogP contribution in [0.25, 0.3) is 0 Å². The average molecular weight is 481 g/mol. The number of carbonyl (C=O) groups excluding carboxylic acids is 1. The molecule has 0 aromatic heterocycles. The van der Waals surface area contributed by atoms with Crippen molar-refractivity contribution in [1.82, 2.24) is 0 Å². The molecule has 1 heterocycles. The van der Waals surface area contributed by atoms with Crippen LogP contribution in [-0.2, 0) is 14.3 Å². The number of Topliss-reactive ketones (excluding diaryl/α,β-unsaturated/α-hetero) is 1. The maximum absolute atomic E-state index is 13.3. The molecule has 1 saturated heterocycles. The molecule has 8 heteroatoms. The molecule has 11 atom stereocenters. The number of hydrogen-bond donors (Lipinski definition) is 5. The second-order valence-electron chi connectivity index (χ2n) is 11.6. The Morgan fingerprint density at radius 1 is 1.15 bits per heavy atom. The second-order valence-corrected chi connectivity index (χ2v) is 11.6. The van der Waals surface area contributed by atoms with Crippen LogP contribution in [0.1, 0.15) is 52.9 Å². The monoisotopic (exact) mass is 480 g/mol. The minimum Gasteiger partial charge on any atom is -0.394 e. The van der Waals surface area contributed by atoms with Gasteiger partial charge in [-0.05, 0) is 48.5 Å². The number of ether oxygens (including phenoxy) is 2. The molecule has 192 valence electrons. The van der Waals surface area contributed by atoms with E-state index in [4.69, 9.17) is 9.47 Å². The van der Waals surface area contributed by atoms with Crippen molar-refractivity contribution in [2.45, 2.75) is 89.7 Å². The highest BCUT2D eigenvalue weighted by molar-refractivity contribution is 5.86. The van der Waals surface area contributed by atoms with Gasteiger partial charge in [0.15, 0.2) is 6.29 Å². The van der Waals surface area contributed by atoms with Crippen LogP contribution < -0.4 is 0 Å². The molecule has 8 nitrogen and oxygen atoms in total. The van der Waals surface area contributed by atoms with Crippen molar-refractivity contribution < 1.29 is 39.8 Å². The van der Waals surface area contributed by atoms with Crippen molar-refractivity contribution in [3.8, 4) is 0 Å². The summed E-state index contributed by atoms with van der Waals surface area (Å²) < 4.78 is 11.4. The summed E-state index contributed by atoms with van der Waals surface area (Å²) in [6.45, 7) is 9.59. The Morgan fingerprint density at radius 3 is 2.50 bits per heavy atom. The van der Waals surface area contributed by atoms with Crippen LogP contribution in [0.15, 0.2) is 24.3 Å². The van der Waals surface area contributed by atoms with E-state index in [0.717, 1.165) is 24.8 Å². The van der Waals surface area contributed by atoms with Gasteiger partial charge >= 0.3 is 0 Å². The predicted octanol–water partition coefficient (Wildman–Crippen LogP) is 1.09. The van der Waals surface area contributed by atoms with E-state index < -0.39 is 48.8 Å². The van der Waals surface area contributed by atoms with Gasteiger partial charge in [-0.2, -0.15) is 0 Å². The van der Waals surface area contributed by atoms with Gasteiger partial charge < -0.3 is 35.0 Å². The lowest BCUT2D eigenvalue weighted by Gasteiger charge is -2.60. The fourth-order valence-corrected chi connectivity index (χ4v) is 7.09. The fraction of sp³-hybridized carbons (Fsp3) is 0.808. The first kappa shape index (κ1) is 25.9. The number of fused-ring (bicyclic) bond motifs is 3. The maximum Gasteiger partial charge on any atom is 0.186 e. The van der Waals surface area contributed by atoms with E-state index in [1.54, 1.807) is 0 Å². The first-order valence-corrected chi connectivity index (χ1v) is 12.4. The highest BCUT2D eigenvalue weighted by atomic mass is 16.7. The fourth-order valence-electron chi connectivity index (χ4n) is 7.09. The minimum atomic E-state index is -1.54. The molecular weight excluding hydrogens is 440 g/mol. The van der Waals surface area contributed by atoms with Crippen LogP contribution in [0.3, 0.4) is 0 Å². The van der Waals surface area contributed by atoms with E-state index in [0.29, 0.717) is 12.8 Å². The highest BCUT2D eigenvalue weighted by Crippen LogP contribution is 2.63. The van der Waals surface area contributed by atoms with Gasteiger partial charge in [0.1, 0.15) is 30.2 Å². The van der Waals surface area contributed by atoms with Gasteiger partial charge in [0.25, 0.3) is 0 Å². The van der Waals surface area contributed by atoms with Crippen molar-refractivity contribution >= 4 is 5.78 Å². The van der Waals surface area contributed by atoms with E-state index in [1.165, 1.54) is 0 Å². The van der Waals surface area contributed by atoms with Gasteiger partial charge in [-0.25, -0.2) is 0 Å². The number of allylic oxidation sites excluding steroid dienone is 2. The Labute approximate surface area is 201 Å². The van der Waals surface area contributed by atoms with Crippen LogP contribution in [0.5, 0.6) is 0 Å². The molecule has 0 radical (unpaired) electrons. The van der Waals surface area contributed by atoms with Gasteiger partial charge in [-0.15, -0.1) is 6.58 Å². The van der Waals surface area contributed by atoms with E-state index in [-0.39, 0.29) is 35.1 Å². The summed E-state index contributed by atoms with van der Waals surface area (Å²) in [4.78, 5) is 13.3. The quantitative estimate of drug-likeness (QED) is 0.369. The molecule has 4 rings (SSSR count). The molecule has 1 aliphatic heterocycles. The number of carbonyl (C=O) groups is 1. The Balaban J connectivity index is 1.59. The molecule has 0 aromatic rings. The Kier molecular flexibility index (Phi) is 6.92. The third kappa shape index (κ3) is 4.01. The van der Waals surface area contributed by atoms with Crippen molar-refractivity contribution in [3.05, 3.63) is 24.3 Å². The average Bonchev–Trinajstić information content (AvgIpc) is 2.82. The first-order chi connectivity index (χ1) is 15.9. The van der Waals surface area contributed by atoms with E-state index in [9.17, 15) is 30.3 Å². The molecule has 4 aliphatic rings. The van der Waals surface area contributed by atoms with Crippen LogP contribution in [-0.4, -0.2) is 81.3 Å². The molecule has 0 amide bonds. The molecule has 3 fully saturated rings. The van der Waals surface area contributed by atoms with Crippen molar-refractivity contribution in [2.24, 2.45) is 28.1 Å². The smallest absolute Gasteiger partial charge is 0.186 e. The van der Waals surface area contributed by atoms with Crippen molar-refractivity contribution in [1.29, 1.82) is 0 Å². The molecule has 34 heavy (non-hydrogen) atoms. The summed E-state index contributed by atoms with van der Waals surface area (Å²) in [6.07, 6.45) is 0.00385. The summed E-state index contributed by atoms with van der Waals surface area (Å²) in [5.74, 6) is 0.0660. The van der Waals surface area contributed by atoms with Crippen molar-refractivity contribution in [3.63, 3.8) is 0 Å². The largest absolute Gasteiger partial charge is 0.394 e. The summed E-state index contributed by atoms with van der Waals surface area (Å²) in [7, 11) is 0. The molecular formula is C26H40O8. The summed E-state index contributed by atoms with van der Waals surface area (Å²) in [6, 6.07) is 0. The highest BCUT2D eigenvalue weighted by Gasteiger charge is 2.61. The van der Waals surface area contributed by atoms with Crippen molar-refractivity contribution in [2.75, 3.05) is 13.2 Å². The summed E-state index contributed by atoms with van der Waals surface area (Å²) in [5, 5.41) is 51.1. The number of aliphatic hydroxyl groups excluding tert-OH is 5. The van der Waals surface area contributed by atoms with Crippen LogP contribution >= 0.6 is 0 Å². The van der Waals surface area contributed by atoms with E-state index >= 15 is 0 Å². The number of rotatable bonds is 5. The van der Waals surface area contributed by atoms with Crippen LogP contribution in [0, 0.1) is 28.1 Å². The SMILES string of the molecule is C=C[C@@]1(C)C=C2[C@H](O)C[C@@H]3[C@](C)(CCC(=O)[C@]3(C)CO[C@@H]3O[C@H](CO)[C@@H](O)[C@@H](O)[C@@H]3O)[C@H]2CC1. The lowest BCUT2D eigenvalue weighted by Crippen LogP contribution is -2.61. The van der Waals surface area contributed by atoms with E-state index in [2.05, 4.69) is 26.5 Å². The van der Waals surface area contributed by atoms with Gasteiger partial charge in [0.2, 0.25) is 0 Å². The molecule has 5 N–H and O–H groups in total. The van der Waals surface area contributed by atoms with Gasteiger partial charge in [0, 0.05) is 11.8 Å². The number of ketones is 1. The van der Waals surface area contributed by atoms with Gasteiger partial charge in [-0.3, -0.25) is 4.79 Å². The third-order valence-corrected chi connectivity index (χ3v) is 9.47. The first-order valence-electron chi connectivity index (χ1n) is 12.4. The summed E-state index contributed by atoms with van der Waals surface area (Å²) in [5.41, 5.74) is -0.207. The normalized spacial score (nSPS) is 51.3. The zero-order chi connectivity index (χ0) is 25.1. The standard InChI is InChI=1S/C26H40O8/c1-5-24(2)8-6-15-14(11-24)16(28)10-18-25(15,3)9-7-19(29)26(18,4)13-33-23-22(32)21(31)20(30)17(12-27)34-23/h5,11,15-18,20-23,27-28,30-32H,1,6-10,12-13H2,2-4H3/t15-,16+,17+,18+,20+,21+,22-,23+,24+,25+,26+/m0/s1. The van der Waals surface area contributed by atoms with Crippen LogP contribution in [0.4, 0.5) is 0 Å². The number of aliphatic hydroxyl groups is 5. The van der Waals surface area contributed by atoms with E-state index in [1.807, 2.05) is 13.0 Å². The molecule has 0 unspecified atom stereocenters. The molecule has 0 aromatic carbocycles. The zero-order valence-electron chi connectivity index (χ0n) is 20.4. The predicted molar refractivity (Wildman–Crippen MR) is 123 cm³/mol. The zero-order valence-corrected chi connectivity index (χ0v) is 20.4. The topological polar surface area (TPSA) is 137 Å². The summed E-state index contributed by atoms with van der Waals surface area (Å²) >= 11 is 0. The Morgan fingerprint density at radius 2 is 1.85 bits per heavy atom. The van der Waals surface area contributed by atoms with Gasteiger partial charge in [-0.1, -0.05) is 32.9 Å². The maximum atomic E-state index is 13.3. The van der Waals surface area contributed by atoms with Gasteiger partial charge in [0.05, 0.1) is 24.7 Å². The molecule has 0 spiro atoms. The lowest BCUT2D eigenvalue weighted by molar-refractivity contribution is -0.307. The number of hydrogen-bond acceptors (Lipinski definition) is 8. The second kappa shape index (κ2) is 9.07. The lowest BCUT2D eigenvalue weighted by atomic mass is 9.44. The Bertz CT molecular complexity index is 841. The minimum absolute atomic E-state index is 0.0472. The molecule has 0 bridgehead atoms. The third-order valence-electron chi connectivity index (χ3n) is 9.47. The van der Waals surface area contributed by atoms with Crippen LogP contribution in [0.2, 0.25) is 0 Å². The molecule has 3 aliphatic carbocycles.